The second kappa shape index (κ2) is 4.82. The summed E-state index contributed by atoms with van der Waals surface area (Å²) < 4.78 is 29.0. The van der Waals surface area contributed by atoms with Gasteiger partial charge in [-0.1, -0.05) is 0 Å². The van der Waals surface area contributed by atoms with Crippen LogP contribution < -0.4 is 0 Å². The quantitative estimate of drug-likeness (QED) is 0.802. The summed E-state index contributed by atoms with van der Waals surface area (Å²) in [4.78, 5) is 6.61. The van der Waals surface area contributed by atoms with E-state index in [-0.39, 0.29) is 11.1 Å². The summed E-state index contributed by atoms with van der Waals surface area (Å²) in [6.45, 7) is 6.33. The highest BCUT2D eigenvalue weighted by Crippen LogP contribution is 2.28. The molecule has 6 nitrogen and oxygen atoms in total. The molecule has 112 valence electrons. The van der Waals surface area contributed by atoms with E-state index in [4.69, 9.17) is 0 Å². The fraction of sp³-hybridized carbons (Fsp3) is 0.769. The Morgan fingerprint density at radius 1 is 1.35 bits per heavy atom. The first-order valence-electron chi connectivity index (χ1n) is 7.15. The van der Waals surface area contributed by atoms with E-state index in [2.05, 4.69) is 9.88 Å². The molecule has 20 heavy (non-hydrogen) atoms. The van der Waals surface area contributed by atoms with Gasteiger partial charge in [-0.15, -0.1) is 0 Å². The molecule has 0 N–H and O–H groups in total. The second-order valence-corrected chi connectivity index (χ2v) is 7.79. The van der Waals surface area contributed by atoms with Gasteiger partial charge >= 0.3 is 0 Å². The average Bonchev–Trinajstić information content (AvgIpc) is 2.95. The number of hydrogen-bond acceptors (Lipinski definition) is 4. The largest absolute Gasteiger partial charge is 0.337 e. The highest BCUT2D eigenvalue weighted by molar-refractivity contribution is 7.89. The van der Waals surface area contributed by atoms with Crippen molar-refractivity contribution in [2.24, 2.45) is 7.05 Å². The minimum atomic E-state index is -3.48. The molecule has 3 rings (SSSR count). The van der Waals surface area contributed by atoms with Gasteiger partial charge in [0.1, 0.15) is 5.82 Å². The Labute approximate surface area is 120 Å². The van der Waals surface area contributed by atoms with E-state index in [1.807, 2.05) is 20.9 Å². The maximum atomic E-state index is 12.8. The maximum absolute atomic E-state index is 12.8. The Morgan fingerprint density at radius 3 is 2.75 bits per heavy atom. The van der Waals surface area contributed by atoms with Crippen LogP contribution in [0.25, 0.3) is 0 Å². The summed E-state index contributed by atoms with van der Waals surface area (Å²) in [7, 11) is -1.66. The fourth-order valence-electron chi connectivity index (χ4n) is 3.27. The van der Waals surface area contributed by atoms with Crippen LogP contribution in [-0.4, -0.2) is 58.9 Å². The molecule has 0 radical (unpaired) electrons. The molecule has 3 heterocycles. The van der Waals surface area contributed by atoms with Gasteiger partial charge in [0.05, 0.1) is 0 Å². The van der Waals surface area contributed by atoms with Crippen LogP contribution in [-0.2, 0) is 17.1 Å². The van der Waals surface area contributed by atoms with Crippen LogP contribution in [0.1, 0.15) is 25.6 Å². The zero-order valence-electron chi connectivity index (χ0n) is 12.3. The van der Waals surface area contributed by atoms with Gasteiger partial charge in [-0.2, -0.15) is 4.31 Å². The van der Waals surface area contributed by atoms with E-state index in [1.165, 1.54) is 6.42 Å². The zero-order valence-corrected chi connectivity index (χ0v) is 13.1. The number of aryl methyl sites for hydroxylation is 2. The van der Waals surface area contributed by atoms with Crippen LogP contribution in [0.2, 0.25) is 0 Å². The Balaban J connectivity index is 1.90. The summed E-state index contributed by atoms with van der Waals surface area (Å²) in [5.74, 6) is 0.718. The smallest absolute Gasteiger partial charge is 0.262 e. The van der Waals surface area contributed by atoms with E-state index >= 15 is 0 Å². The first-order valence-corrected chi connectivity index (χ1v) is 8.59. The van der Waals surface area contributed by atoms with Crippen LogP contribution >= 0.6 is 0 Å². The van der Waals surface area contributed by atoms with Crippen molar-refractivity contribution in [2.75, 3.05) is 19.6 Å². The molecule has 0 amide bonds. The molecular formula is C13H22N4O2S. The average molecular weight is 298 g/mol. The summed E-state index contributed by atoms with van der Waals surface area (Å²) in [5.41, 5.74) is 0. The summed E-state index contributed by atoms with van der Waals surface area (Å²) in [5, 5.41) is 0.177. The van der Waals surface area contributed by atoms with Gasteiger partial charge in [0.25, 0.3) is 10.0 Å². The van der Waals surface area contributed by atoms with E-state index in [0.717, 1.165) is 25.3 Å². The lowest BCUT2D eigenvalue weighted by molar-refractivity contribution is 0.117. The van der Waals surface area contributed by atoms with Crippen molar-refractivity contribution in [1.82, 2.24) is 18.8 Å². The van der Waals surface area contributed by atoms with Crippen LogP contribution in [0.5, 0.6) is 0 Å². The van der Waals surface area contributed by atoms with Crippen molar-refractivity contribution in [1.29, 1.82) is 0 Å². The van der Waals surface area contributed by atoms with Gasteiger partial charge in [-0.3, -0.25) is 4.90 Å². The molecule has 0 aromatic carbocycles. The Bertz CT molecular complexity index is 590. The predicted molar refractivity (Wildman–Crippen MR) is 75.9 cm³/mol. The van der Waals surface area contributed by atoms with Gasteiger partial charge in [-0.05, 0) is 33.2 Å². The fourth-order valence-corrected chi connectivity index (χ4v) is 4.95. The topological polar surface area (TPSA) is 58.4 Å². The number of aromatic nitrogens is 2. The number of imidazole rings is 1. The number of piperazine rings is 1. The minimum Gasteiger partial charge on any atom is -0.337 e. The molecule has 0 spiro atoms. The van der Waals surface area contributed by atoms with Crippen LogP contribution in [0.3, 0.4) is 0 Å². The van der Waals surface area contributed by atoms with Gasteiger partial charge in [0.2, 0.25) is 0 Å². The molecule has 2 aliphatic rings. The third kappa shape index (κ3) is 2.17. The lowest BCUT2D eigenvalue weighted by atomic mass is 10.1. The van der Waals surface area contributed by atoms with Crippen molar-refractivity contribution in [3.8, 4) is 0 Å². The first-order chi connectivity index (χ1) is 9.39. The van der Waals surface area contributed by atoms with Crippen LogP contribution in [0, 0.1) is 6.92 Å². The molecule has 7 heteroatoms. The number of hydrogen-bond donors (Lipinski definition) is 0. The van der Waals surface area contributed by atoms with Crippen LogP contribution in [0.4, 0.5) is 0 Å². The second-order valence-electron chi connectivity index (χ2n) is 5.95. The monoisotopic (exact) mass is 298 g/mol. The van der Waals surface area contributed by atoms with Gasteiger partial charge in [0, 0.05) is 38.4 Å². The molecule has 2 saturated heterocycles. The summed E-state index contributed by atoms with van der Waals surface area (Å²) in [6, 6.07) is 0.391. The molecule has 0 aliphatic carbocycles. The molecule has 2 atom stereocenters. The number of sulfonamides is 1. The molecule has 2 aliphatic heterocycles. The third-order valence-corrected chi connectivity index (χ3v) is 6.39. The van der Waals surface area contributed by atoms with Crippen molar-refractivity contribution >= 4 is 10.0 Å². The van der Waals surface area contributed by atoms with Crippen molar-refractivity contribution in [3.05, 3.63) is 12.0 Å². The van der Waals surface area contributed by atoms with Crippen LogP contribution in [0.15, 0.2) is 11.2 Å². The van der Waals surface area contributed by atoms with Crippen molar-refractivity contribution in [2.45, 2.75) is 43.8 Å². The standard InChI is InChI=1S/C13H22N4O2S/c1-10-7-16-6-4-5-12(16)8-17(10)20(18,19)13-9-15(3)11(2)14-13/h9-10,12H,4-8H2,1-3H3. The summed E-state index contributed by atoms with van der Waals surface area (Å²) in [6.07, 6.45) is 3.88. The molecule has 0 saturated carbocycles. The lowest BCUT2D eigenvalue weighted by Gasteiger charge is -2.40. The van der Waals surface area contributed by atoms with E-state index < -0.39 is 10.0 Å². The first kappa shape index (κ1) is 14.0. The minimum absolute atomic E-state index is 0.0108. The normalized spacial score (nSPS) is 28.8. The Hall–Kier alpha value is -0.920. The predicted octanol–water partition coefficient (Wildman–Crippen LogP) is 0.586. The highest BCUT2D eigenvalue weighted by Gasteiger charge is 2.41. The molecule has 1 aromatic rings. The highest BCUT2D eigenvalue weighted by atomic mass is 32.2. The zero-order chi connectivity index (χ0) is 14.5. The number of rotatable bonds is 2. The van der Waals surface area contributed by atoms with E-state index in [0.29, 0.717) is 12.6 Å². The Morgan fingerprint density at radius 2 is 2.10 bits per heavy atom. The molecule has 2 unspecified atom stereocenters. The van der Waals surface area contributed by atoms with Crippen molar-refractivity contribution < 1.29 is 8.42 Å². The molecule has 1 aromatic heterocycles. The van der Waals surface area contributed by atoms with Gasteiger partial charge < -0.3 is 4.57 Å². The molecule has 0 bridgehead atoms. The number of fused-ring (bicyclic) bond motifs is 1. The van der Waals surface area contributed by atoms with E-state index in [9.17, 15) is 8.42 Å². The summed E-state index contributed by atoms with van der Waals surface area (Å²) >= 11 is 0. The third-order valence-electron chi connectivity index (χ3n) is 4.54. The van der Waals surface area contributed by atoms with Crippen molar-refractivity contribution in [3.63, 3.8) is 0 Å². The maximum Gasteiger partial charge on any atom is 0.262 e. The Kier molecular flexibility index (Phi) is 3.38. The lowest BCUT2D eigenvalue weighted by Crippen LogP contribution is -2.56. The van der Waals surface area contributed by atoms with Gasteiger partial charge in [-0.25, -0.2) is 13.4 Å². The van der Waals surface area contributed by atoms with E-state index in [1.54, 1.807) is 15.1 Å². The number of nitrogens with zero attached hydrogens (tertiary/aromatic N) is 4. The van der Waals surface area contributed by atoms with Gasteiger partial charge in [0.15, 0.2) is 5.03 Å². The molecular weight excluding hydrogens is 276 g/mol. The SMILES string of the molecule is Cc1nc(S(=O)(=O)N2CC3CCCN3CC2C)cn1C. The molecule has 2 fully saturated rings.